The number of hydrogen-bond acceptors (Lipinski definition) is 8. The summed E-state index contributed by atoms with van der Waals surface area (Å²) in [4.78, 5) is 54.1. The number of benzene rings is 2. The lowest BCUT2D eigenvalue weighted by atomic mass is 10.1. The minimum absolute atomic E-state index is 0.00220. The molecule has 2 aromatic rings. The zero-order valence-corrected chi connectivity index (χ0v) is 24.0. The summed E-state index contributed by atoms with van der Waals surface area (Å²) in [5.74, 6) is 1.30. The van der Waals surface area contributed by atoms with Crippen LogP contribution in [0.3, 0.4) is 0 Å². The SMILES string of the molecule is COc1ccc(CS[C@H]2C[C@@H](C(=O)N3CCCN(C(N)=O)CC3C)N(C(=O)OCc3ccc([N+](=O)[O-])cc3)C2)cc1. The highest BCUT2D eigenvalue weighted by atomic mass is 32.2. The maximum Gasteiger partial charge on any atom is 0.410 e. The van der Waals surface area contributed by atoms with E-state index in [-0.39, 0.29) is 29.5 Å². The first-order valence-electron chi connectivity index (χ1n) is 13.4. The van der Waals surface area contributed by atoms with Crippen molar-refractivity contribution < 1.29 is 28.8 Å². The van der Waals surface area contributed by atoms with E-state index in [9.17, 15) is 24.5 Å². The maximum absolute atomic E-state index is 13.9. The van der Waals surface area contributed by atoms with E-state index in [2.05, 4.69) is 0 Å². The van der Waals surface area contributed by atoms with E-state index in [0.717, 1.165) is 11.3 Å². The van der Waals surface area contributed by atoms with Gasteiger partial charge in [-0.1, -0.05) is 12.1 Å². The average molecular weight is 586 g/mol. The summed E-state index contributed by atoms with van der Waals surface area (Å²) in [5, 5.41) is 10.9. The summed E-state index contributed by atoms with van der Waals surface area (Å²) >= 11 is 1.67. The van der Waals surface area contributed by atoms with Crippen LogP contribution in [0.4, 0.5) is 15.3 Å². The maximum atomic E-state index is 13.9. The van der Waals surface area contributed by atoms with Gasteiger partial charge in [-0.25, -0.2) is 9.59 Å². The Bertz CT molecular complexity index is 1240. The standard InChI is InChI=1S/C28H35N5O7S/c1-19-15-30(27(29)35)12-3-13-31(19)26(34)25-14-24(41-18-21-6-10-23(39-2)11-7-21)16-32(25)28(36)40-17-20-4-8-22(9-5-20)33(37)38/h4-11,19,24-25H,3,12-18H2,1-2H3,(H2,29,35)/t19?,24-,25-/m0/s1. The van der Waals surface area contributed by atoms with E-state index in [4.69, 9.17) is 15.2 Å². The minimum atomic E-state index is -0.713. The molecule has 0 radical (unpaired) electrons. The van der Waals surface area contributed by atoms with E-state index >= 15 is 0 Å². The number of hydrogen-bond donors (Lipinski definition) is 1. The largest absolute Gasteiger partial charge is 0.497 e. The molecule has 0 aliphatic carbocycles. The van der Waals surface area contributed by atoms with Crippen LogP contribution in [0.1, 0.15) is 30.9 Å². The average Bonchev–Trinajstić information content (AvgIpc) is 3.30. The third-order valence-corrected chi connectivity index (χ3v) is 8.69. The second kappa shape index (κ2) is 13.6. The Morgan fingerprint density at radius 3 is 2.34 bits per heavy atom. The summed E-state index contributed by atoms with van der Waals surface area (Å²) in [6.07, 6.45) is 0.441. The number of methoxy groups -OCH3 is 1. The number of primary amides is 1. The van der Waals surface area contributed by atoms with E-state index in [1.807, 2.05) is 31.2 Å². The summed E-state index contributed by atoms with van der Waals surface area (Å²) in [7, 11) is 1.62. The Labute approximate surface area is 242 Å². The molecule has 1 unspecified atom stereocenters. The summed E-state index contributed by atoms with van der Waals surface area (Å²) in [5.41, 5.74) is 7.15. The highest BCUT2D eigenvalue weighted by Crippen LogP contribution is 2.32. The quantitative estimate of drug-likeness (QED) is 0.365. The minimum Gasteiger partial charge on any atom is -0.497 e. The molecule has 2 saturated heterocycles. The Hall–Kier alpha value is -4.00. The summed E-state index contributed by atoms with van der Waals surface area (Å²) in [6, 6.07) is 12.1. The van der Waals surface area contributed by atoms with Crippen LogP contribution in [0.2, 0.25) is 0 Å². The lowest BCUT2D eigenvalue weighted by Crippen LogP contribution is -2.52. The third kappa shape index (κ3) is 7.60. The number of carbonyl (C=O) groups excluding carboxylic acids is 3. The van der Waals surface area contributed by atoms with Crippen molar-refractivity contribution in [3.05, 3.63) is 69.8 Å². The fourth-order valence-corrected chi connectivity index (χ4v) is 6.32. The molecule has 4 rings (SSSR count). The summed E-state index contributed by atoms with van der Waals surface area (Å²) < 4.78 is 10.8. The predicted octanol–water partition coefficient (Wildman–Crippen LogP) is 3.62. The van der Waals surface area contributed by atoms with Gasteiger partial charge in [0.2, 0.25) is 5.91 Å². The van der Waals surface area contributed by atoms with Gasteiger partial charge >= 0.3 is 12.1 Å². The zero-order valence-electron chi connectivity index (χ0n) is 23.1. The summed E-state index contributed by atoms with van der Waals surface area (Å²) in [6.45, 7) is 3.39. The highest BCUT2D eigenvalue weighted by molar-refractivity contribution is 7.99. The van der Waals surface area contributed by atoms with Crippen LogP contribution in [-0.4, -0.2) is 88.3 Å². The number of carbonyl (C=O) groups is 3. The second-order valence-corrected chi connectivity index (χ2v) is 11.5. The number of nitro benzene ring substituents is 1. The van der Waals surface area contributed by atoms with Gasteiger partial charge in [-0.2, -0.15) is 11.8 Å². The van der Waals surface area contributed by atoms with Gasteiger partial charge in [-0.15, -0.1) is 0 Å². The molecule has 2 heterocycles. The Kier molecular flexibility index (Phi) is 9.92. The molecule has 12 nitrogen and oxygen atoms in total. The Morgan fingerprint density at radius 2 is 1.71 bits per heavy atom. The van der Waals surface area contributed by atoms with Crippen molar-refractivity contribution in [1.29, 1.82) is 0 Å². The van der Waals surface area contributed by atoms with Crippen LogP contribution in [0.5, 0.6) is 5.75 Å². The van der Waals surface area contributed by atoms with E-state index in [0.29, 0.717) is 50.3 Å². The van der Waals surface area contributed by atoms with Crippen molar-refractivity contribution in [2.24, 2.45) is 5.73 Å². The molecule has 13 heteroatoms. The first-order chi connectivity index (χ1) is 19.7. The number of non-ortho nitro benzene ring substituents is 1. The van der Waals surface area contributed by atoms with Crippen LogP contribution < -0.4 is 10.5 Å². The van der Waals surface area contributed by atoms with Crippen LogP contribution in [-0.2, 0) is 21.9 Å². The Balaban J connectivity index is 1.46. The lowest BCUT2D eigenvalue weighted by molar-refractivity contribution is -0.384. The molecule has 2 aliphatic rings. The van der Waals surface area contributed by atoms with Crippen molar-refractivity contribution in [3.63, 3.8) is 0 Å². The van der Waals surface area contributed by atoms with E-state index in [1.165, 1.54) is 34.1 Å². The topological polar surface area (TPSA) is 149 Å². The van der Waals surface area contributed by atoms with Crippen molar-refractivity contribution in [2.75, 3.05) is 33.3 Å². The number of amides is 4. The molecular weight excluding hydrogens is 550 g/mol. The number of nitrogens with zero attached hydrogens (tertiary/aromatic N) is 4. The molecule has 41 heavy (non-hydrogen) atoms. The number of nitrogens with two attached hydrogens (primary N) is 1. The molecule has 2 aliphatic heterocycles. The molecule has 2 fully saturated rings. The van der Waals surface area contributed by atoms with Crippen molar-refractivity contribution >= 4 is 35.5 Å². The highest BCUT2D eigenvalue weighted by Gasteiger charge is 2.43. The van der Waals surface area contributed by atoms with Crippen LogP contribution in [0.15, 0.2) is 48.5 Å². The fraction of sp³-hybridized carbons (Fsp3) is 0.464. The fourth-order valence-electron chi connectivity index (χ4n) is 5.11. The molecule has 0 saturated carbocycles. The molecule has 220 valence electrons. The zero-order chi connectivity index (χ0) is 29.5. The molecular formula is C28H35N5O7S. The molecule has 0 spiro atoms. The first kappa shape index (κ1) is 30.0. The molecule has 3 atom stereocenters. The number of likely N-dealkylation sites (tertiary alicyclic amines) is 1. The van der Waals surface area contributed by atoms with Crippen molar-refractivity contribution in [3.8, 4) is 5.75 Å². The first-order valence-corrected chi connectivity index (χ1v) is 14.5. The number of nitro groups is 1. The van der Waals surface area contributed by atoms with E-state index in [1.54, 1.807) is 23.8 Å². The monoisotopic (exact) mass is 585 g/mol. The number of ether oxygens (including phenoxy) is 2. The van der Waals surface area contributed by atoms with Crippen LogP contribution in [0, 0.1) is 10.1 Å². The molecule has 2 N–H and O–H groups in total. The molecule has 4 amide bonds. The Morgan fingerprint density at radius 1 is 1.02 bits per heavy atom. The third-order valence-electron chi connectivity index (χ3n) is 7.37. The molecule has 2 aromatic carbocycles. The van der Waals surface area contributed by atoms with Gasteiger partial charge < -0.3 is 25.0 Å². The molecule has 0 bridgehead atoms. The van der Waals surface area contributed by atoms with Gasteiger partial charge in [-0.05, 0) is 55.2 Å². The van der Waals surface area contributed by atoms with Gasteiger partial charge in [0.25, 0.3) is 5.69 Å². The second-order valence-electron chi connectivity index (χ2n) is 10.2. The van der Waals surface area contributed by atoms with Gasteiger partial charge in [0, 0.05) is 55.4 Å². The van der Waals surface area contributed by atoms with Crippen molar-refractivity contribution in [2.45, 2.75) is 49.5 Å². The van der Waals surface area contributed by atoms with Gasteiger partial charge in [-0.3, -0.25) is 19.8 Å². The van der Waals surface area contributed by atoms with Gasteiger partial charge in [0.15, 0.2) is 0 Å². The van der Waals surface area contributed by atoms with Crippen LogP contribution in [0.25, 0.3) is 0 Å². The number of rotatable bonds is 8. The van der Waals surface area contributed by atoms with E-state index < -0.39 is 23.1 Å². The van der Waals surface area contributed by atoms with Crippen LogP contribution >= 0.6 is 11.8 Å². The lowest BCUT2D eigenvalue weighted by Gasteiger charge is -2.33. The van der Waals surface area contributed by atoms with Gasteiger partial charge in [0.1, 0.15) is 18.4 Å². The molecule has 0 aromatic heterocycles. The predicted molar refractivity (Wildman–Crippen MR) is 153 cm³/mol. The smallest absolute Gasteiger partial charge is 0.410 e. The van der Waals surface area contributed by atoms with Crippen molar-refractivity contribution in [1.82, 2.24) is 14.7 Å². The number of urea groups is 1. The number of thioether (sulfide) groups is 1. The normalized spacial score (nSPS) is 20.8. The van der Waals surface area contributed by atoms with Gasteiger partial charge in [0.05, 0.1) is 12.0 Å².